The van der Waals surface area contributed by atoms with E-state index in [4.69, 9.17) is 12.9 Å². The summed E-state index contributed by atoms with van der Waals surface area (Å²) in [7, 11) is 0. The normalized spacial score (nSPS) is 10.4. The van der Waals surface area contributed by atoms with Crippen LogP contribution in [0.3, 0.4) is 0 Å². The molecule has 5 nitrogen and oxygen atoms in total. The van der Waals surface area contributed by atoms with E-state index >= 15 is 0 Å². The van der Waals surface area contributed by atoms with Crippen LogP contribution < -0.4 is 17.2 Å². The second kappa shape index (κ2) is 2.45. The molecule has 0 aromatic carbocycles. The molecular weight excluding hydrogens is 144 g/mol. The van der Waals surface area contributed by atoms with Gasteiger partial charge in [0.25, 0.3) is 5.91 Å². The first-order valence-electron chi connectivity index (χ1n) is 3.38. The molecule has 0 aliphatic heterocycles. The Kier molecular flexibility index (Phi) is 1.33. The van der Waals surface area contributed by atoms with Gasteiger partial charge in [-0.3, -0.25) is 4.79 Å². The van der Waals surface area contributed by atoms with Gasteiger partial charge < -0.3 is 17.2 Å². The third-order valence-electron chi connectivity index (χ3n) is 1.14. The molecule has 0 saturated carbocycles. The maximum absolute atomic E-state index is 10.7. The Hall–Kier alpha value is -1.78. The van der Waals surface area contributed by atoms with E-state index in [9.17, 15) is 4.79 Å². The topological polar surface area (TPSA) is 108 Å². The number of aromatic nitrogens is 1. The number of primary amides is 1. The van der Waals surface area contributed by atoms with E-state index in [1.807, 2.05) is 5.73 Å². The van der Waals surface area contributed by atoms with Crippen LogP contribution in [0.25, 0.3) is 0 Å². The van der Waals surface area contributed by atoms with Crippen LogP contribution in [0.2, 0.25) is 1.41 Å². The van der Waals surface area contributed by atoms with Crippen molar-refractivity contribution >= 4 is 17.3 Å². The molecular formula is C6H8N4O. The summed E-state index contributed by atoms with van der Waals surface area (Å²) in [4.78, 5) is 14.4. The number of carbonyl (C=O) groups excluding carboxylic acids is 1. The van der Waals surface area contributed by atoms with E-state index in [1.54, 1.807) is 0 Å². The van der Waals surface area contributed by atoms with Gasteiger partial charge in [0.1, 0.15) is 0 Å². The zero-order valence-corrected chi connectivity index (χ0v) is 5.66. The van der Waals surface area contributed by atoms with E-state index in [-0.39, 0.29) is 11.4 Å². The highest BCUT2D eigenvalue weighted by Crippen LogP contribution is 2.10. The zero-order chi connectivity index (χ0) is 9.14. The predicted molar refractivity (Wildman–Crippen MR) is 41.6 cm³/mol. The first-order chi connectivity index (χ1) is 5.65. The van der Waals surface area contributed by atoms with Crippen LogP contribution in [0.4, 0.5) is 11.4 Å². The molecule has 1 rings (SSSR count). The molecule has 11 heavy (non-hydrogen) atoms. The summed E-state index contributed by atoms with van der Waals surface area (Å²) in [6.45, 7) is 0. The van der Waals surface area contributed by atoms with Gasteiger partial charge in [-0.15, -0.1) is 0 Å². The molecule has 1 aromatic rings. The van der Waals surface area contributed by atoms with Crippen LogP contribution in [0.15, 0.2) is 12.3 Å². The van der Waals surface area contributed by atoms with Crippen LogP contribution in [0.5, 0.6) is 0 Å². The lowest BCUT2D eigenvalue weighted by Crippen LogP contribution is -2.15. The van der Waals surface area contributed by atoms with Crippen molar-refractivity contribution < 1.29 is 6.21 Å². The summed E-state index contributed by atoms with van der Waals surface area (Å²) in [5, 5.41) is 0. The number of amides is 1. The second-order valence-electron chi connectivity index (χ2n) is 2.03. The molecule has 0 aliphatic carbocycles. The molecule has 0 unspecified atom stereocenters. The lowest BCUT2D eigenvalue weighted by Gasteiger charge is -1.99. The summed E-state index contributed by atoms with van der Waals surface area (Å²) in [6.07, 6.45) is 1.31. The van der Waals surface area contributed by atoms with Crippen LogP contribution in [-0.4, -0.2) is 10.9 Å². The molecule has 58 valence electrons. The van der Waals surface area contributed by atoms with Crippen molar-refractivity contribution in [1.82, 2.24) is 4.98 Å². The quantitative estimate of drug-likeness (QED) is 0.525. The first kappa shape index (κ1) is 5.96. The molecule has 0 spiro atoms. The SMILES string of the molecule is [3H]Nc1cc(N)cnc1C(N)=O. The number of rotatable bonds is 2. The van der Waals surface area contributed by atoms with Gasteiger partial charge in [-0.05, 0) is 6.07 Å². The predicted octanol–water partition coefficient (Wildman–Crippen LogP) is -0.655. The van der Waals surface area contributed by atoms with Crippen LogP contribution >= 0.6 is 0 Å². The average Bonchev–Trinajstić information content (AvgIpc) is 2.03. The Labute approximate surface area is 64.7 Å². The fourth-order valence-electron chi connectivity index (χ4n) is 0.677. The number of carbonyl (C=O) groups is 1. The number of hydrogen-bond acceptors (Lipinski definition) is 4. The molecule has 1 heterocycles. The van der Waals surface area contributed by atoms with E-state index in [2.05, 4.69) is 4.98 Å². The largest absolute Gasteiger partial charge is 0.397 e. The van der Waals surface area contributed by atoms with Crippen LogP contribution in [-0.2, 0) is 0 Å². The Morgan fingerprint density at radius 2 is 2.45 bits per heavy atom. The molecule has 6 N–H and O–H groups in total. The third kappa shape index (κ3) is 1.37. The van der Waals surface area contributed by atoms with Crippen molar-refractivity contribution in [3.63, 3.8) is 0 Å². The van der Waals surface area contributed by atoms with Gasteiger partial charge >= 0.3 is 0 Å². The smallest absolute Gasteiger partial charge is 0.269 e. The minimum absolute atomic E-state index is 0.0131. The third-order valence-corrected chi connectivity index (χ3v) is 1.14. The van der Waals surface area contributed by atoms with Gasteiger partial charge in [-0.25, -0.2) is 4.98 Å². The van der Waals surface area contributed by atoms with Crippen molar-refractivity contribution in [3.8, 4) is 0 Å². The van der Waals surface area contributed by atoms with E-state index in [0.29, 0.717) is 5.69 Å². The summed E-state index contributed by atoms with van der Waals surface area (Å²) >= 11 is 0. The highest BCUT2D eigenvalue weighted by molar-refractivity contribution is 5.96. The number of pyridine rings is 1. The van der Waals surface area contributed by atoms with Crippen molar-refractivity contribution in [1.29, 1.82) is 0 Å². The Balaban J connectivity index is 3.20. The number of hydrogen-bond donors (Lipinski definition) is 3. The number of nitrogens with zero attached hydrogens (tertiary/aromatic N) is 1. The maximum atomic E-state index is 10.7. The van der Waals surface area contributed by atoms with E-state index in [0.717, 1.165) is 0 Å². The summed E-state index contributed by atoms with van der Waals surface area (Å²) in [5.41, 5.74) is 13.0. The first-order valence-corrected chi connectivity index (χ1v) is 2.88. The van der Waals surface area contributed by atoms with Crippen molar-refractivity contribution in [3.05, 3.63) is 18.0 Å². The monoisotopic (exact) mass is 154 g/mol. The van der Waals surface area contributed by atoms with E-state index in [1.165, 1.54) is 12.3 Å². The second-order valence-corrected chi connectivity index (χ2v) is 2.03. The zero-order valence-electron chi connectivity index (χ0n) is 6.66. The molecule has 0 atom stereocenters. The highest BCUT2D eigenvalue weighted by atomic mass is 16.1. The van der Waals surface area contributed by atoms with E-state index < -0.39 is 5.91 Å². The van der Waals surface area contributed by atoms with Gasteiger partial charge in [0.15, 0.2) is 7.11 Å². The minimum atomic E-state index is -0.690. The lowest BCUT2D eigenvalue weighted by atomic mass is 10.3. The number of nitrogen functional groups attached to an aromatic ring is 2. The molecule has 5 heteroatoms. The van der Waals surface area contributed by atoms with Crippen molar-refractivity contribution in [2.75, 3.05) is 11.5 Å². The molecule has 0 aliphatic rings. The van der Waals surface area contributed by atoms with Gasteiger partial charge in [-0.2, -0.15) is 0 Å². The average molecular weight is 154 g/mol. The van der Waals surface area contributed by atoms with Crippen molar-refractivity contribution in [2.24, 2.45) is 5.73 Å². The minimum Gasteiger partial charge on any atom is -0.397 e. The Morgan fingerprint density at radius 3 is 3.00 bits per heavy atom. The fourth-order valence-corrected chi connectivity index (χ4v) is 0.677. The van der Waals surface area contributed by atoms with Gasteiger partial charge in [0, 0.05) is 0 Å². The number of nitrogens with two attached hydrogens (primary N) is 3. The van der Waals surface area contributed by atoms with Crippen LogP contribution in [0.1, 0.15) is 10.5 Å². The van der Waals surface area contributed by atoms with Crippen LogP contribution in [0, 0.1) is 0 Å². The van der Waals surface area contributed by atoms with Gasteiger partial charge in [0.05, 0.1) is 17.6 Å². The van der Waals surface area contributed by atoms with Gasteiger partial charge in [0.2, 0.25) is 0 Å². The van der Waals surface area contributed by atoms with Crippen molar-refractivity contribution in [2.45, 2.75) is 0 Å². The molecule has 0 radical (unpaired) electrons. The molecule has 1 aromatic heterocycles. The fraction of sp³-hybridized carbons (Fsp3) is 0. The maximum Gasteiger partial charge on any atom is 0.269 e. The summed E-state index contributed by atoms with van der Waals surface area (Å²) in [5.74, 6) is -0.690. The summed E-state index contributed by atoms with van der Waals surface area (Å²) in [6, 6.07) is 1.42. The standard InChI is InChI=1S/C6H8N4O/c7-3-1-4(8)5(6(9)11)10-2-3/h1-2H,7-8H2,(H2,9,11)/i/hT. The Bertz CT molecular complexity index is 314. The number of anilines is 2. The molecule has 0 bridgehead atoms. The Morgan fingerprint density at radius 1 is 1.73 bits per heavy atom. The highest BCUT2D eigenvalue weighted by Gasteiger charge is 2.05. The molecule has 1 amide bonds. The molecule has 0 fully saturated rings. The molecule has 0 saturated heterocycles. The summed E-state index contributed by atoms with van der Waals surface area (Å²) < 4.78 is 6.82. The lowest BCUT2D eigenvalue weighted by molar-refractivity contribution is 0.0996. The van der Waals surface area contributed by atoms with Gasteiger partial charge in [-0.1, -0.05) is 0 Å².